The summed E-state index contributed by atoms with van der Waals surface area (Å²) in [6.45, 7) is 7.55. The number of rotatable bonds is 5. The molecule has 5 aromatic carbocycles. The van der Waals surface area contributed by atoms with Crippen molar-refractivity contribution in [3.63, 3.8) is 0 Å². The van der Waals surface area contributed by atoms with E-state index in [1.165, 1.54) is 0 Å². The molecule has 0 saturated heterocycles. The Balaban J connectivity index is 1.22. The highest BCUT2D eigenvalue weighted by molar-refractivity contribution is 6.12. The van der Waals surface area contributed by atoms with E-state index in [1.54, 1.807) is 0 Å². The Labute approximate surface area is 321 Å². The maximum atomic E-state index is 10.2. The van der Waals surface area contributed by atoms with Gasteiger partial charge in [0.05, 0.1) is 51.3 Å². The van der Waals surface area contributed by atoms with Crippen LogP contribution in [0, 0.1) is 39.0 Å². The van der Waals surface area contributed by atoms with Crippen LogP contribution in [0.5, 0.6) is 0 Å². The average Bonchev–Trinajstić information content (AvgIpc) is 3.72. The summed E-state index contributed by atoms with van der Waals surface area (Å²) in [5.74, 6) is 4.01. The molecule has 0 unspecified atom stereocenters. The van der Waals surface area contributed by atoms with Crippen LogP contribution in [0.2, 0.25) is 0 Å². The Morgan fingerprint density at radius 3 is 1.48 bits per heavy atom. The number of benzene rings is 5. The van der Waals surface area contributed by atoms with Crippen LogP contribution in [0.4, 0.5) is 0 Å². The van der Waals surface area contributed by atoms with Gasteiger partial charge in [0.15, 0.2) is 11.6 Å². The molecule has 0 aliphatic carbocycles. The molecule has 0 saturated carbocycles. The first-order valence-electron chi connectivity index (χ1n) is 18.3. The minimum Gasteiger partial charge on any atom is -0.309 e. The second-order valence-electron chi connectivity index (χ2n) is 13.9. The van der Waals surface area contributed by atoms with Crippen molar-refractivity contribution in [1.82, 2.24) is 44.0 Å². The highest BCUT2D eigenvalue weighted by atomic mass is 15.0. The summed E-state index contributed by atoms with van der Waals surface area (Å²) < 4.78 is 4.54. The molecule has 0 aliphatic heterocycles. The van der Waals surface area contributed by atoms with Crippen molar-refractivity contribution in [2.24, 2.45) is 0 Å². The average molecular weight is 725 g/mol. The zero-order valence-corrected chi connectivity index (χ0v) is 31.0. The number of nitrogens with zero attached hydrogens (tertiary/aromatic N) is 10. The van der Waals surface area contributed by atoms with Crippen LogP contribution in [0.1, 0.15) is 28.9 Å². The van der Waals surface area contributed by atoms with E-state index in [-0.39, 0.29) is 0 Å². The molecule has 0 atom stereocenters. The second-order valence-corrected chi connectivity index (χ2v) is 13.9. The van der Waals surface area contributed by atoms with E-state index in [4.69, 9.17) is 0 Å². The van der Waals surface area contributed by atoms with Gasteiger partial charge in [-0.25, -0.2) is 29.9 Å². The Kier molecular flexibility index (Phi) is 7.50. The van der Waals surface area contributed by atoms with Crippen LogP contribution in [-0.2, 0) is 0 Å². The molecular formula is C46H32N10. The van der Waals surface area contributed by atoms with Crippen molar-refractivity contribution < 1.29 is 0 Å². The van der Waals surface area contributed by atoms with E-state index in [0.29, 0.717) is 40.5 Å². The van der Waals surface area contributed by atoms with Crippen LogP contribution in [0.25, 0.3) is 88.9 Å². The Morgan fingerprint density at radius 1 is 0.464 bits per heavy atom. The normalized spacial score (nSPS) is 11.6. The van der Waals surface area contributed by atoms with E-state index in [0.717, 1.165) is 77.2 Å². The lowest BCUT2D eigenvalue weighted by molar-refractivity contribution is 0.928. The zero-order valence-electron chi connectivity index (χ0n) is 31.0. The number of hydrogen-bond acceptors (Lipinski definition) is 8. The molecule has 0 bridgehead atoms. The molecule has 0 spiro atoms. The molecule has 56 heavy (non-hydrogen) atoms. The number of nitriles is 1. The fraction of sp³-hybridized carbons (Fsp3) is 0.0870. The molecule has 266 valence electrons. The van der Waals surface area contributed by atoms with Gasteiger partial charge in [0.2, 0.25) is 0 Å². The minimum atomic E-state index is 0.561. The maximum absolute atomic E-state index is 10.2. The molecule has 0 aliphatic rings. The zero-order chi connectivity index (χ0) is 38.1. The summed E-state index contributed by atoms with van der Waals surface area (Å²) in [4.78, 5) is 32.1. The summed E-state index contributed by atoms with van der Waals surface area (Å²) >= 11 is 0. The molecule has 10 heteroatoms. The monoisotopic (exact) mass is 724 g/mol. The van der Waals surface area contributed by atoms with Crippen LogP contribution in [0.15, 0.2) is 122 Å². The van der Waals surface area contributed by atoms with Gasteiger partial charge in [-0.1, -0.05) is 42.5 Å². The third-order valence-corrected chi connectivity index (χ3v) is 10.3. The van der Waals surface area contributed by atoms with Crippen LogP contribution >= 0.6 is 0 Å². The standard InChI is InChI=1S/C46H32N10/c1-26-49-27(2)52-45(51-26)31-14-17-41-37(22-31)33-9-5-7-11-39(33)55(41)43-21-30(24-47)13-16-35(43)36-19-20-48-25-44(36)56-40-12-8-6-10-34(40)38-23-32(15-18-42(38)56)46-53-28(3)50-29(4)54-46/h5-23,25H,1-4H3. The topological polar surface area (TPSA) is 124 Å². The molecule has 0 N–H and O–H groups in total. The number of aryl methyl sites for hydroxylation is 4. The van der Waals surface area contributed by atoms with Gasteiger partial charge in [0, 0.05) is 50.0 Å². The van der Waals surface area contributed by atoms with Gasteiger partial charge >= 0.3 is 0 Å². The highest BCUT2D eigenvalue weighted by Crippen LogP contribution is 2.42. The van der Waals surface area contributed by atoms with Gasteiger partial charge in [0.25, 0.3) is 0 Å². The lowest BCUT2D eigenvalue weighted by atomic mass is 10.00. The molecule has 5 heterocycles. The van der Waals surface area contributed by atoms with Crippen LogP contribution in [0.3, 0.4) is 0 Å². The lowest BCUT2D eigenvalue weighted by Crippen LogP contribution is -2.03. The number of para-hydroxylation sites is 2. The third kappa shape index (κ3) is 5.28. The molecule has 0 fully saturated rings. The maximum Gasteiger partial charge on any atom is 0.163 e. The van der Waals surface area contributed by atoms with E-state index >= 15 is 0 Å². The largest absolute Gasteiger partial charge is 0.309 e. The molecule has 10 aromatic rings. The first kappa shape index (κ1) is 33.0. The summed E-state index contributed by atoms with van der Waals surface area (Å²) in [5.41, 5.74) is 10.2. The lowest BCUT2D eigenvalue weighted by Gasteiger charge is -2.18. The van der Waals surface area contributed by atoms with Gasteiger partial charge in [-0.05, 0) is 94.4 Å². The summed E-state index contributed by atoms with van der Waals surface area (Å²) in [6, 6.07) is 39.9. The summed E-state index contributed by atoms with van der Waals surface area (Å²) in [6.07, 6.45) is 3.75. The number of pyridine rings is 1. The smallest absolute Gasteiger partial charge is 0.163 e. The summed E-state index contributed by atoms with van der Waals surface area (Å²) in [7, 11) is 0. The molecule has 5 aromatic heterocycles. The van der Waals surface area contributed by atoms with Crippen molar-refractivity contribution in [3.8, 4) is 51.3 Å². The van der Waals surface area contributed by atoms with Gasteiger partial charge in [0.1, 0.15) is 23.3 Å². The Hall–Kier alpha value is -7.64. The van der Waals surface area contributed by atoms with Crippen molar-refractivity contribution in [2.45, 2.75) is 27.7 Å². The summed E-state index contributed by atoms with van der Waals surface area (Å²) in [5, 5.41) is 14.5. The van der Waals surface area contributed by atoms with E-state index in [1.807, 2.05) is 52.2 Å². The van der Waals surface area contributed by atoms with Crippen molar-refractivity contribution >= 4 is 43.6 Å². The van der Waals surface area contributed by atoms with Gasteiger partial charge in [-0.2, -0.15) is 5.26 Å². The SMILES string of the molecule is Cc1nc(C)nc(-c2ccc3c(c2)c2ccccc2n3-c2cnccc2-c2ccc(C#N)cc2-n2c3ccccc3c3cc(-c4nc(C)nc(C)n4)ccc32)n1. The molecule has 0 amide bonds. The quantitative estimate of drug-likeness (QED) is 0.172. The fourth-order valence-electron chi connectivity index (χ4n) is 8.04. The Morgan fingerprint density at radius 2 is 0.946 bits per heavy atom. The highest BCUT2D eigenvalue weighted by Gasteiger charge is 2.22. The number of fused-ring (bicyclic) bond motifs is 6. The predicted molar refractivity (Wildman–Crippen MR) is 220 cm³/mol. The van der Waals surface area contributed by atoms with Gasteiger partial charge in [-0.3, -0.25) is 4.98 Å². The predicted octanol–water partition coefficient (Wildman–Crippen LogP) is 9.75. The van der Waals surface area contributed by atoms with Crippen LogP contribution < -0.4 is 0 Å². The molecule has 10 rings (SSSR count). The third-order valence-electron chi connectivity index (χ3n) is 10.3. The molecule has 10 nitrogen and oxygen atoms in total. The fourth-order valence-corrected chi connectivity index (χ4v) is 8.04. The van der Waals surface area contributed by atoms with Gasteiger partial charge < -0.3 is 9.13 Å². The van der Waals surface area contributed by atoms with E-state index in [9.17, 15) is 5.26 Å². The number of aromatic nitrogens is 9. The van der Waals surface area contributed by atoms with Gasteiger partial charge in [-0.15, -0.1) is 0 Å². The van der Waals surface area contributed by atoms with Crippen molar-refractivity contribution in [1.29, 1.82) is 5.26 Å². The van der Waals surface area contributed by atoms with E-state index in [2.05, 4.69) is 147 Å². The molecule has 0 radical (unpaired) electrons. The number of hydrogen-bond donors (Lipinski definition) is 0. The van der Waals surface area contributed by atoms with Crippen LogP contribution in [-0.4, -0.2) is 44.0 Å². The van der Waals surface area contributed by atoms with E-state index < -0.39 is 0 Å². The van der Waals surface area contributed by atoms with Crippen molar-refractivity contribution in [3.05, 3.63) is 150 Å². The minimum absolute atomic E-state index is 0.561. The second kappa shape index (κ2) is 12.7. The van der Waals surface area contributed by atoms with Crippen molar-refractivity contribution in [2.75, 3.05) is 0 Å². The first-order valence-corrected chi connectivity index (χ1v) is 18.3. The first-order chi connectivity index (χ1) is 27.3. The molecular weight excluding hydrogens is 693 g/mol. The Bertz CT molecular complexity index is 3240.